The lowest BCUT2D eigenvalue weighted by Crippen LogP contribution is -2.16. The molecule has 0 saturated heterocycles. The molecular weight excluding hydrogens is 268 g/mol. The van der Waals surface area contributed by atoms with Gasteiger partial charge in [-0.05, 0) is 30.4 Å². The number of nitrogens with zero attached hydrogens (tertiary/aromatic N) is 1. The smallest absolute Gasteiger partial charge is 0.240 e. The maximum atomic E-state index is 11.5. The van der Waals surface area contributed by atoms with E-state index in [0.717, 1.165) is 18.4 Å². The highest BCUT2D eigenvalue weighted by Gasteiger charge is 1.98. The van der Waals surface area contributed by atoms with Crippen LogP contribution in [0.4, 0.5) is 0 Å². The molecule has 0 fully saturated rings. The van der Waals surface area contributed by atoms with Gasteiger partial charge < -0.3 is 0 Å². The number of nitrogens with one attached hydrogen (secondary N) is 1. The molecule has 3 nitrogen and oxygen atoms in total. The quantitative estimate of drug-likeness (QED) is 0.320. The maximum absolute atomic E-state index is 11.5. The normalized spacial score (nSPS) is 10.9. The molecule has 0 saturated carbocycles. The van der Waals surface area contributed by atoms with Gasteiger partial charge in [-0.2, -0.15) is 5.10 Å². The van der Waals surface area contributed by atoms with Gasteiger partial charge in [0.1, 0.15) is 0 Å². The van der Waals surface area contributed by atoms with Crippen molar-refractivity contribution >= 4 is 23.9 Å². The lowest BCUT2D eigenvalue weighted by molar-refractivity contribution is -0.121. The lowest BCUT2D eigenvalue weighted by atomic mass is 10.1. The zero-order chi connectivity index (χ0) is 14.6. The summed E-state index contributed by atoms with van der Waals surface area (Å²) in [5.41, 5.74) is 3.57. The summed E-state index contributed by atoms with van der Waals surface area (Å²) >= 11 is 1.71. The fourth-order valence-electron chi connectivity index (χ4n) is 1.81. The van der Waals surface area contributed by atoms with Crippen molar-refractivity contribution in [3.63, 3.8) is 0 Å². The average Bonchev–Trinajstić information content (AvgIpc) is 2.48. The van der Waals surface area contributed by atoms with Crippen molar-refractivity contribution in [2.75, 3.05) is 6.26 Å². The SMILES string of the molecule is CCCCCCCC(=O)NN=Cc1ccc(SC)cc1. The number of hydrogen-bond acceptors (Lipinski definition) is 3. The molecule has 0 aliphatic carbocycles. The second-order valence-corrected chi connectivity index (χ2v) is 5.61. The minimum Gasteiger partial charge on any atom is -0.273 e. The number of carbonyl (C=O) groups excluding carboxylic acids is 1. The Morgan fingerprint density at radius 2 is 1.90 bits per heavy atom. The summed E-state index contributed by atoms with van der Waals surface area (Å²) in [6.45, 7) is 2.19. The number of hydrazone groups is 1. The number of hydrogen-bond donors (Lipinski definition) is 1. The topological polar surface area (TPSA) is 41.5 Å². The molecule has 1 N–H and O–H groups in total. The largest absolute Gasteiger partial charge is 0.273 e. The van der Waals surface area contributed by atoms with Crippen molar-refractivity contribution < 1.29 is 4.79 Å². The third-order valence-corrected chi connectivity index (χ3v) is 3.77. The van der Waals surface area contributed by atoms with Crippen LogP contribution in [0.25, 0.3) is 0 Å². The van der Waals surface area contributed by atoms with Crippen LogP contribution in [0.2, 0.25) is 0 Å². The van der Waals surface area contributed by atoms with E-state index >= 15 is 0 Å². The molecule has 0 spiro atoms. The number of amides is 1. The van der Waals surface area contributed by atoms with Crippen LogP contribution < -0.4 is 5.43 Å². The Morgan fingerprint density at radius 1 is 1.20 bits per heavy atom. The monoisotopic (exact) mass is 292 g/mol. The summed E-state index contributed by atoms with van der Waals surface area (Å²) in [6.07, 6.45) is 10.1. The fourth-order valence-corrected chi connectivity index (χ4v) is 2.22. The van der Waals surface area contributed by atoms with Crippen LogP contribution in [0.15, 0.2) is 34.3 Å². The van der Waals surface area contributed by atoms with Crippen molar-refractivity contribution in [2.24, 2.45) is 5.10 Å². The summed E-state index contributed by atoms with van der Waals surface area (Å²) in [4.78, 5) is 12.8. The van der Waals surface area contributed by atoms with Gasteiger partial charge in [-0.1, -0.05) is 44.7 Å². The van der Waals surface area contributed by atoms with E-state index < -0.39 is 0 Å². The molecule has 1 aromatic rings. The molecule has 4 heteroatoms. The molecule has 0 radical (unpaired) electrons. The molecule has 1 rings (SSSR count). The van der Waals surface area contributed by atoms with E-state index in [1.54, 1.807) is 18.0 Å². The third-order valence-electron chi connectivity index (χ3n) is 3.03. The van der Waals surface area contributed by atoms with Gasteiger partial charge in [-0.3, -0.25) is 4.79 Å². The highest BCUT2D eigenvalue weighted by atomic mass is 32.2. The van der Waals surface area contributed by atoms with Crippen LogP contribution in [0.3, 0.4) is 0 Å². The van der Waals surface area contributed by atoms with E-state index in [4.69, 9.17) is 0 Å². The molecule has 1 amide bonds. The predicted molar refractivity (Wildman–Crippen MR) is 87.3 cm³/mol. The van der Waals surface area contributed by atoms with E-state index in [0.29, 0.717) is 6.42 Å². The minimum atomic E-state index is -0.00141. The zero-order valence-corrected chi connectivity index (χ0v) is 13.2. The summed E-state index contributed by atoms with van der Waals surface area (Å²) in [6, 6.07) is 8.07. The molecule has 0 aromatic heterocycles. The van der Waals surface area contributed by atoms with E-state index in [-0.39, 0.29) is 5.91 Å². The Bertz CT molecular complexity index is 415. The van der Waals surface area contributed by atoms with E-state index in [2.05, 4.69) is 17.5 Å². The Morgan fingerprint density at radius 3 is 2.55 bits per heavy atom. The van der Waals surface area contributed by atoms with E-state index in [1.807, 2.05) is 30.5 Å². The van der Waals surface area contributed by atoms with Gasteiger partial charge >= 0.3 is 0 Å². The average molecular weight is 292 g/mol. The minimum absolute atomic E-state index is 0.00141. The summed E-state index contributed by atoms with van der Waals surface area (Å²) < 4.78 is 0. The van der Waals surface area contributed by atoms with Crippen LogP contribution in [0.1, 0.15) is 51.0 Å². The number of rotatable bonds is 9. The molecule has 0 aliphatic rings. The van der Waals surface area contributed by atoms with Crippen LogP contribution in [0, 0.1) is 0 Å². The second kappa shape index (κ2) is 10.5. The molecule has 20 heavy (non-hydrogen) atoms. The lowest BCUT2D eigenvalue weighted by Gasteiger charge is -2.00. The van der Waals surface area contributed by atoms with Gasteiger partial charge in [-0.15, -0.1) is 11.8 Å². The molecule has 0 atom stereocenters. The fraction of sp³-hybridized carbons (Fsp3) is 0.500. The van der Waals surface area contributed by atoms with E-state index in [9.17, 15) is 4.79 Å². The van der Waals surface area contributed by atoms with Crippen molar-refractivity contribution in [1.29, 1.82) is 0 Å². The molecular formula is C16H24N2OS. The highest BCUT2D eigenvalue weighted by molar-refractivity contribution is 7.98. The zero-order valence-electron chi connectivity index (χ0n) is 12.4. The number of unbranched alkanes of at least 4 members (excludes halogenated alkanes) is 4. The standard InChI is InChI=1S/C16H24N2OS/c1-3-4-5-6-7-8-16(19)18-17-13-14-9-11-15(20-2)12-10-14/h9-13H,3-8H2,1-2H3,(H,18,19). The first kappa shape index (κ1) is 16.8. The van der Waals surface area contributed by atoms with Gasteiger partial charge in [-0.25, -0.2) is 5.43 Å². The van der Waals surface area contributed by atoms with Crippen molar-refractivity contribution in [2.45, 2.75) is 50.3 Å². The van der Waals surface area contributed by atoms with Crippen molar-refractivity contribution in [3.8, 4) is 0 Å². The van der Waals surface area contributed by atoms with Gasteiger partial charge in [0.15, 0.2) is 0 Å². The summed E-state index contributed by atoms with van der Waals surface area (Å²) in [7, 11) is 0. The van der Waals surface area contributed by atoms with Crippen LogP contribution in [-0.2, 0) is 4.79 Å². The van der Waals surface area contributed by atoms with Crippen LogP contribution in [0.5, 0.6) is 0 Å². The molecule has 0 aliphatic heterocycles. The Kier molecular flexibility index (Phi) is 8.79. The van der Waals surface area contributed by atoms with E-state index in [1.165, 1.54) is 24.2 Å². The van der Waals surface area contributed by atoms with Gasteiger partial charge in [0.05, 0.1) is 6.21 Å². The first-order valence-corrected chi connectivity index (χ1v) is 8.44. The molecule has 0 heterocycles. The highest BCUT2D eigenvalue weighted by Crippen LogP contribution is 2.13. The first-order chi connectivity index (χ1) is 9.76. The van der Waals surface area contributed by atoms with Gasteiger partial charge in [0.2, 0.25) is 5.91 Å². The van der Waals surface area contributed by atoms with Gasteiger partial charge in [0.25, 0.3) is 0 Å². The summed E-state index contributed by atoms with van der Waals surface area (Å²) in [5, 5.41) is 3.98. The first-order valence-electron chi connectivity index (χ1n) is 7.22. The summed E-state index contributed by atoms with van der Waals surface area (Å²) in [5.74, 6) is -0.00141. The molecule has 0 unspecified atom stereocenters. The Hall–Kier alpha value is -1.29. The predicted octanol–water partition coefficient (Wildman–Crippen LogP) is 4.22. The number of carbonyl (C=O) groups is 1. The Labute approximate surface area is 126 Å². The molecule has 0 bridgehead atoms. The number of benzene rings is 1. The molecule has 1 aromatic carbocycles. The second-order valence-electron chi connectivity index (χ2n) is 4.73. The van der Waals surface area contributed by atoms with Crippen molar-refractivity contribution in [3.05, 3.63) is 29.8 Å². The Balaban J connectivity index is 2.20. The number of thioether (sulfide) groups is 1. The third kappa shape index (κ3) is 7.34. The van der Waals surface area contributed by atoms with Crippen molar-refractivity contribution in [1.82, 2.24) is 5.43 Å². The van der Waals surface area contributed by atoms with Crippen LogP contribution in [-0.4, -0.2) is 18.4 Å². The van der Waals surface area contributed by atoms with Gasteiger partial charge in [0, 0.05) is 11.3 Å². The molecule has 110 valence electrons. The van der Waals surface area contributed by atoms with Crippen LogP contribution >= 0.6 is 11.8 Å². The maximum Gasteiger partial charge on any atom is 0.240 e.